The maximum atomic E-state index is 13.7. The van der Waals surface area contributed by atoms with E-state index in [4.69, 9.17) is 11.0 Å². The summed E-state index contributed by atoms with van der Waals surface area (Å²) in [6.07, 6.45) is 0.564. The van der Waals surface area contributed by atoms with Gasteiger partial charge in [0.05, 0.1) is 17.3 Å². The standard InChI is InChI=1S/C15H13FN2/c1-2-10(9-17)15(18)13-7-8-14(16)12-6-4-3-5-11(12)13/h3-8H,2,18H2,1H3/b15-10-. The van der Waals surface area contributed by atoms with E-state index in [9.17, 15) is 4.39 Å². The van der Waals surface area contributed by atoms with Crippen molar-refractivity contribution in [3.05, 3.63) is 53.4 Å². The molecule has 0 saturated heterocycles. The van der Waals surface area contributed by atoms with Crippen LogP contribution in [0.15, 0.2) is 42.0 Å². The van der Waals surface area contributed by atoms with Crippen molar-refractivity contribution in [3.8, 4) is 6.07 Å². The zero-order valence-corrected chi connectivity index (χ0v) is 10.1. The molecule has 0 bridgehead atoms. The minimum Gasteiger partial charge on any atom is -0.397 e. The molecule has 0 amide bonds. The van der Waals surface area contributed by atoms with Gasteiger partial charge in [0.1, 0.15) is 5.82 Å². The summed E-state index contributed by atoms with van der Waals surface area (Å²) in [5, 5.41) is 10.3. The van der Waals surface area contributed by atoms with Gasteiger partial charge in [-0.15, -0.1) is 0 Å². The van der Waals surface area contributed by atoms with E-state index in [0.29, 0.717) is 28.6 Å². The molecule has 0 radical (unpaired) electrons. The monoisotopic (exact) mass is 240 g/mol. The summed E-state index contributed by atoms with van der Waals surface area (Å²) in [6.45, 7) is 1.87. The van der Waals surface area contributed by atoms with Gasteiger partial charge in [-0.05, 0) is 23.9 Å². The number of nitriles is 1. The number of nitrogens with zero attached hydrogens (tertiary/aromatic N) is 1. The van der Waals surface area contributed by atoms with Crippen molar-refractivity contribution in [2.75, 3.05) is 0 Å². The van der Waals surface area contributed by atoms with E-state index in [1.54, 1.807) is 18.2 Å². The third kappa shape index (κ3) is 1.93. The van der Waals surface area contributed by atoms with Crippen LogP contribution in [0.2, 0.25) is 0 Å². The first-order valence-corrected chi connectivity index (χ1v) is 5.75. The highest BCUT2D eigenvalue weighted by Gasteiger charge is 2.10. The first-order valence-electron chi connectivity index (χ1n) is 5.75. The van der Waals surface area contributed by atoms with E-state index in [2.05, 4.69) is 6.07 Å². The van der Waals surface area contributed by atoms with E-state index in [1.165, 1.54) is 6.07 Å². The second-order valence-corrected chi connectivity index (χ2v) is 4.00. The molecule has 0 saturated carbocycles. The fourth-order valence-corrected chi connectivity index (χ4v) is 1.99. The molecule has 2 nitrogen and oxygen atoms in total. The van der Waals surface area contributed by atoms with E-state index in [1.807, 2.05) is 19.1 Å². The maximum Gasteiger partial charge on any atom is 0.131 e. The summed E-state index contributed by atoms with van der Waals surface area (Å²) < 4.78 is 13.7. The second-order valence-electron chi connectivity index (χ2n) is 4.00. The summed E-state index contributed by atoms with van der Waals surface area (Å²) in [5.74, 6) is -0.280. The largest absolute Gasteiger partial charge is 0.397 e. The molecule has 2 aromatic rings. The molecule has 0 spiro atoms. The van der Waals surface area contributed by atoms with Crippen molar-refractivity contribution < 1.29 is 4.39 Å². The van der Waals surface area contributed by atoms with E-state index in [0.717, 1.165) is 5.39 Å². The predicted octanol–water partition coefficient (Wildman–Crippen LogP) is 3.58. The summed E-state index contributed by atoms with van der Waals surface area (Å²) in [4.78, 5) is 0. The van der Waals surface area contributed by atoms with Crippen molar-refractivity contribution in [2.45, 2.75) is 13.3 Å². The van der Waals surface area contributed by atoms with Crippen LogP contribution in [0.3, 0.4) is 0 Å². The highest BCUT2D eigenvalue weighted by atomic mass is 19.1. The number of benzene rings is 2. The molecular formula is C15H13FN2. The van der Waals surface area contributed by atoms with Crippen molar-refractivity contribution >= 4 is 16.5 Å². The summed E-state index contributed by atoms with van der Waals surface area (Å²) >= 11 is 0. The van der Waals surface area contributed by atoms with E-state index >= 15 is 0 Å². The lowest BCUT2D eigenvalue weighted by molar-refractivity contribution is 0.640. The number of hydrogen-bond acceptors (Lipinski definition) is 2. The Bertz CT molecular complexity index is 666. The fourth-order valence-electron chi connectivity index (χ4n) is 1.99. The van der Waals surface area contributed by atoms with Gasteiger partial charge in [0.15, 0.2) is 0 Å². The average molecular weight is 240 g/mol. The SMILES string of the molecule is CC/C(C#N)=C(/N)c1ccc(F)c2ccccc12. The summed E-state index contributed by atoms with van der Waals surface area (Å²) in [5.41, 5.74) is 7.67. The van der Waals surface area contributed by atoms with Crippen LogP contribution in [0.5, 0.6) is 0 Å². The number of halogens is 1. The van der Waals surface area contributed by atoms with Crippen LogP contribution in [-0.2, 0) is 0 Å². The molecule has 2 aromatic carbocycles. The number of hydrogen-bond donors (Lipinski definition) is 1. The van der Waals surface area contributed by atoms with Gasteiger partial charge in [0.2, 0.25) is 0 Å². The van der Waals surface area contributed by atoms with Crippen LogP contribution in [-0.4, -0.2) is 0 Å². The lowest BCUT2D eigenvalue weighted by atomic mass is 9.99. The van der Waals surface area contributed by atoms with Gasteiger partial charge in [-0.2, -0.15) is 5.26 Å². The Morgan fingerprint density at radius 1 is 1.22 bits per heavy atom. The van der Waals surface area contributed by atoms with Gasteiger partial charge in [-0.3, -0.25) is 0 Å². The van der Waals surface area contributed by atoms with Gasteiger partial charge in [0.25, 0.3) is 0 Å². The zero-order valence-electron chi connectivity index (χ0n) is 10.1. The summed E-state index contributed by atoms with van der Waals surface area (Å²) in [7, 11) is 0. The van der Waals surface area contributed by atoms with Gasteiger partial charge in [0, 0.05) is 10.9 Å². The number of nitrogens with two attached hydrogens (primary N) is 1. The number of rotatable bonds is 2. The Morgan fingerprint density at radius 3 is 2.50 bits per heavy atom. The maximum absolute atomic E-state index is 13.7. The van der Waals surface area contributed by atoms with Crippen LogP contribution in [0.4, 0.5) is 4.39 Å². The normalized spacial score (nSPS) is 12.1. The molecule has 0 fully saturated rings. The molecule has 18 heavy (non-hydrogen) atoms. The molecule has 0 aromatic heterocycles. The van der Waals surface area contributed by atoms with Crippen molar-refractivity contribution in [1.82, 2.24) is 0 Å². The minimum absolute atomic E-state index is 0.280. The molecule has 0 atom stereocenters. The number of fused-ring (bicyclic) bond motifs is 1. The zero-order chi connectivity index (χ0) is 13.1. The Labute approximate surface area is 105 Å². The van der Waals surface area contributed by atoms with E-state index < -0.39 is 0 Å². The highest BCUT2D eigenvalue weighted by Crippen LogP contribution is 2.27. The highest BCUT2D eigenvalue weighted by molar-refractivity contribution is 5.94. The van der Waals surface area contributed by atoms with Gasteiger partial charge in [-0.25, -0.2) is 4.39 Å². The molecule has 0 heterocycles. The molecule has 2 rings (SSSR count). The van der Waals surface area contributed by atoms with Crippen LogP contribution in [0.25, 0.3) is 16.5 Å². The molecule has 2 N–H and O–H groups in total. The third-order valence-electron chi connectivity index (χ3n) is 2.97. The topological polar surface area (TPSA) is 49.8 Å². The Morgan fingerprint density at radius 2 is 1.89 bits per heavy atom. The molecule has 90 valence electrons. The first kappa shape index (κ1) is 12.1. The van der Waals surface area contributed by atoms with Crippen molar-refractivity contribution in [3.63, 3.8) is 0 Å². The Kier molecular flexibility index (Phi) is 3.29. The van der Waals surface area contributed by atoms with Crippen molar-refractivity contribution in [1.29, 1.82) is 5.26 Å². The van der Waals surface area contributed by atoms with Gasteiger partial charge >= 0.3 is 0 Å². The van der Waals surface area contributed by atoms with Crippen LogP contribution in [0, 0.1) is 17.1 Å². The van der Waals surface area contributed by atoms with Gasteiger partial charge in [-0.1, -0.05) is 31.2 Å². The van der Waals surface area contributed by atoms with Crippen molar-refractivity contribution in [2.24, 2.45) is 5.73 Å². The molecule has 3 heteroatoms. The molecule has 0 aliphatic heterocycles. The number of allylic oxidation sites excluding steroid dienone is 1. The Hall–Kier alpha value is -2.34. The Balaban J connectivity index is 2.78. The lowest BCUT2D eigenvalue weighted by Crippen LogP contribution is -2.02. The first-order chi connectivity index (χ1) is 8.69. The van der Waals surface area contributed by atoms with Crippen LogP contribution in [0.1, 0.15) is 18.9 Å². The molecule has 0 aliphatic carbocycles. The van der Waals surface area contributed by atoms with E-state index in [-0.39, 0.29) is 5.82 Å². The minimum atomic E-state index is -0.280. The fraction of sp³-hybridized carbons (Fsp3) is 0.133. The molecule has 0 aliphatic rings. The predicted molar refractivity (Wildman–Crippen MR) is 70.9 cm³/mol. The van der Waals surface area contributed by atoms with Crippen LogP contribution >= 0.6 is 0 Å². The van der Waals surface area contributed by atoms with Crippen LogP contribution < -0.4 is 5.73 Å². The molecule has 0 unspecified atom stereocenters. The smallest absolute Gasteiger partial charge is 0.131 e. The lowest BCUT2D eigenvalue weighted by Gasteiger charge is -2.09. The quantitative estimate of drug-likeness (QED) is 0.815. The third-order valence-corrected chi connectivity index (χ3v) is 2.97. The molecular weight excluding hydrogens is 227 g/mol. The average Bonchev–Trinajstić information content (AvgIpc) is 2.41. The second kappa shape index (κ2) is 4.89. The summed E-state index contributed by atoms with van der Waals surface area (Å²) in [6, 6.07) is 12.2. The van der Waals surface area contributed by atoms with Gasteiger partial charge < -0.3 is 5.73 Å².